The monoisotopic (exact) mass is 661 g/mol. The highest BCUT2D eigenvalue weighted by atomic mass is 127. The van der Waals surface area contributed by atoms with Crippen molar-refractivity contribution in [3.63, 3.8) is 0 Å². The fourth-order valence-electron chi connectivity index (χ4n) is 4.17. The maximum Gasteiger partial charge on any atom is 0.264 e. The molecule has 1 N–H and O–H groups in total. The Morgan fingerprint density at radius 1 is 0.897 bits per heavy atom. The summed E-state index contributed by atoms with van der Waals surface area (Å²) in [6.45, 7) is 6.22. The lowest BCUT2D eigenvalue weighted by Gasteiger charge is -2.33. The first-order valence-corrected chi connectivity index (χ1v) is 15.6. The predicted octanol–water partition coefficient (Wildman–Crippen LogP) is 5.11. The molecule has 0 unspecified atom stereocenters. The molecule has 7 nitrogen and oxygen atoms in total. The molecule has 0 spiro atoms. The zero-order chi connectivity index (χ0) is 28.4. The Balaban J connectivity index is 1.97. The average molecular weight is 662 g/mol. The van der Waals surface area contributed by atoms with Gasteiger partial charge in [0, 0.05) is 16.7 Å². The topological polar surface area (TPSA) is 86.8 Å². The van der Waals surface area contributed by atoms with Crippen molar-refractivity contribution in [1.82, 2.24) is 10.2 Å². The molecule has 0 fully saturated rings. The normalized spacial score (nSPS) is 12.1. The Morgan fingerprint density at radius 3 is 2.05 bits per heavy atom. The number of carbonyl (C=O) groups excluding carboxylic acids is 2. The van der Waals surface area contributed by atoms with Crippen molar-refractivity contribution in [1.29, 1.82) is 0 Å². The number of hydrogen-bond donors (Lipinski definition) is 1. The van der Waals surface area contributed by atoms with Crippen LogP contribution in [-0.2, 0) is 26.0 Å². The summed E-state index contributed by atoms with van der Waals surface area (Å²) in [6.07, 6.45) is 0.939. The summed E-state index contributed by atoms with van der Waals surface area (Å²) in [7, 11) is -4.05. The van der Waals surface area contributed by atoms with E-state index in [2.05, 4.69) is 27.9 Å². The molecule has 9 heteroatoms. The molecule has 3 rings (SSSR count). The molecule has 0 saturated heterocycles. The van der Waals surface area contributed by atoms with Crippen LogP contribution in [0.15, 0.2) is 89.8 Å². The Labute approximate surface area is 245 Å². The van der Waals surface area contributed by atoms with Gasteiger partial charge in [0.1, 0.15) is 12.6 Å². The van der Waals surface area contributed by atoms with Gasteiger partial charge in [-0.2, -0.15) is 0 Å². The molecule has 0 aliphatic rings. The van der Waals surface area contributed by atoms with Gasteiger partial charge < -0.3 is 10.2 Å². The lowest BCUT2D eigenvalue weighted by Crippen LogP contribution is -2.53. The van der Waals surface area contributed by atoms with E-state index in [1.807, 2.05) is 51.1 Å². The van der Waals surface area contributed by atoms with Crippen molar-refractivity contribution in [3.8, 4) is 0 Å². The van der Waals surface area contributed by atoms with E-state index in [0.29, 0.717) is 25.1 Å². The van der Waals surface area contributed by atoms with E-state index in [-0.39, 0.29) is 23.3 Å². The van der Waals surface area contributed by atoms with E-state index in [4.69, 9.17) is 0 Å². The van der Waals surface area contributed by atoms with Gasteiger partial charge in [0.05, 0.1) is 10.6 Å². The summed E-state index contributed by atoms with van der Waals surface area (Å²) in [5.41, 5.74) is 1.41. The lowest BCUT2D eigenvalue weighted by atomic mass is 10.1. The quantitative estimate of drug-likeness (QED) is 0.258. The molecule has 208 valence electrons. The molecular formula is C30H36IN3O4S. The molecule has 0 saturated carbocycles. The van der Waals surface area contributed by atoms with Gasteiger partial charge in [0.25, 0.3) is 10.0 Å². The van der Waals surface area contributed by atoms with E-state index in [1.165, 1.54) is 17.0 Å². The van der Waals surface area contributed by atoms with E-state index in [1.54, 1.807) is 42.5 Å². The first-order valence-electron chi connectivity index (χ1n) is 13.1. The maximum atomic E-state index is 14.0. The van der Waals surface area contributed by atoms with Crippen molar-refractivity contribution in [2.24, 2.45) is 5.92 Å². The van der Waals surface area contributed by atoms with Gasteiger partial charge >= 0.3 is 0 Å². The summed E-state index contributed by atoms with van der Waals surface area (Å²) >= 11 is 2.15. The minimum Gasteiger partial charge on any atom is -0.354 e. The van der Waals surface area contributed by atoms with E-state index in [9.17, 15) is 18.0 Å². The fourth-order valence-corrected chi connectivity index (χ4v) is 5.97. The molecule has 1 atom stereocenters. The number of benzene rings is 3. The number of halogens is 1. The van der Waals surface area contributed by atoms with Crippen molar-refractivity contribution >= 4 is 50.1 Å². The summed E-state index contributed by atoms with van der Waals surface area (Å²) in [6, 6.07) is 24.1. The third kappa shape index (κ3) is 8.53. The predicted molar refractivity (Wildman–Crippen MR) is 164 cm³/mol. The Hall–Kier alpha value is -2.92. The lowest BCUT2D eigenvalue weighted by molar-refractivity contribution is -0.139. The van der Waals surface area contributed by atoms with Crippen LogP contribution in [0.25, 0.3) is 0 Å². The Bertz CT molecular complexity index is 1320. The molecule has 0 aromatic heterocycles. The van der Waals surface area contributed by atoms with Gasteiger partial charge in [-0.15, -0.1) is 0 Å². The first kappa shape index (κ1) is 30.6. The molecule has 0 aliphatic heterocycles. The number of rotatable bonds is 13. The van der Waals surface area contributed by atoms with Crippen LogP contribution < -0.4 is 9.62 Å². The second kappa shape index (κ2) is 14.5. The van der Waals surface area contributed by atoms with Gasteiger partial charge in [-0.3, -0.25) is 13.9 Å². The summed E-state index contributed by atoms with van der Waals surface area (Å²) in [5.74, 6) is -0.415. The van der Waals surface area contributed by atoms with Gasteiger partial charge in [-0.25, -0.2) is 8.42 Å². The molecule has 0 aliphatic carbocycles. The van der Waals surface area contributed by atoms with Crippen LogP contribution in [-0.4, -0.2) is 50.8 Å². The van der Waals surface area contributed by atoms with Crippen molar-refractivity contribution < 1.29 is 18.0 Å². The number of hydrogen-bond acceptors (Lipinski definition) is 4. The summed E-state index contributed by atoms with van der Waals surface area (Å²) < 4.78 is 29.6. The molecule has 0 radical (unpaired) electrons. The second-order valence-electron chi connectivity index (χ2n) is 9.69. The minimum atomic E-state index is -4.05. The third-order valence-electron chi connectivity index (χ3n) is 6.28. The first-order chi connectivity index (χ1) is 18.6. The van der Waals surface area contributed by atoms with E-state index >= 15 is 0 Å². The van der Waals surface area contributed by atoms with Crippen LogP contribution in [0.2, 0.25) is 0 Å². The van der Waals surface area contributed by atoms with Crippen molar-refractivity contribution in [2.75, 3.05) is 23.9 Å². The SMILES string of the molecule is CC[C@H](C(=O)NCC(C)C)N(CCc1ccccc1)C(=O)CN(c1ccc(I)cc1)S(=O)(=O)c1ccccc1. The Kier molecular flexibility index (Phi) is 11.4. The second-order valence-corrected chi connectivity index (χ2v) is 12.8. The average Bonchev–Trinajstić information content (AvgIpc) is 2.94. The van der Waals surface area contributed by atoms with Crippen LogP contribution in [0.3, 0.4) is 0 Å². The third-order valence-corrected chi connectivity index (χ3v) is 8.79. The standard InChI is InChI=1S/C30H36IN3O4S/c1-4-28(30(36)32-21-23(2)3)33(20-19-24-11-7-5-8-12-24)29(35)22-34(26-17-15-25(31)16-18-26)39(37,38)27-13-9-6-10-14-27/h5-18,23,28H,4,19-22H2,1-3H3,(H,32,36)/t28-/m1/s1. The summed E-state index contributed by atoms with van der Waals surface area (Å²) in [5, 5.41) is 2.95. The number of anilines is 1. The van der Waals surface area contributed by atoms with Gasteiger partial charge in [0.2, 0.25) is 11.8 Å². The smallest absolute Gasteiger partial charge is 0.264 e. The van der Waals surface area contributed by atoms with Crippen LogP contribution >= 0.6 is 22.6 Å². The van der Waals surface area contributed by atoms with Gasteiger partial charge in [-0.05, 0) is 83.3 Å². The van der Waals surface area contributed by atoms with Gasteiger partial charge in [-0.1, -0.05) is 69.3 Å². The zero-order valence-corrected chi connectivity index (χ0v) is 25.6. The highest BCUT2D eigenvalue weighted by molar-refractivity contribution is 14.1. The van der Waals surface area contributed by atoms with Gasteiger partial charge in [0.15, 0.2) is 0 Å². The van der Waals surface area contributed by atoms with Crippen molar-refractivity contribution in [2.45, 2.75) is 44.6 Å². The molecule has 0 heterocycles. The highest BCUT2D eigenvalue weighted by Gasteiger charge is 2.33. The highest BCUT2D eigenvalue weighted by Crippen LogP contribution is 2.25. The number of sulfonamides is 1. The molecule has 0 bridgehead atoms. The molecule has 2 amide bonds. The molecule has 3 aromatic carbocycles. The molecule has 3 aromatic rings. The zero-order valence-electron chi connectivity index (χ0n) is 22.6. The molecule has 39 heavy (non-hydrogen) atoms. The number of carbonyl (C=O) groups is 2. The van der Waals surface area contributed by atoms with E-state index < -0.39 is 28.5 Å². The molecular weight excluding hydrogens is 625 g/mol. The van der Waals surface area contributed by atoms with Crippen LogP contribution in [0.4, 0.5) is 5.69 Å². The fraction of sp³-hybridized carbons (Fsp3) is 0.333. The van der Waals surface area contributed by atoms with Crippen molar-refractivity contribution in [3.05, 3.63) is 94.1 Å². The number of nitrogens with one attached hydrogen (secondary N) is 1. The van der Waals surface area contributed by atoms with Crippen LogP contribution in [0.1, 0.15) is 32.8 Å². The largest absolute Gasteiger partial charge is 0.354 e. The van der Waals surface area contributed by atoms with Crippen LogP contribution in [0.5, 0.6) is 0 Å². The van der Waals surface area contributed by atoms with Crippen LogP contribution in [0, 0.1) is 9.49 Å². The van der Waals surface area contributed by atoms with E-state index in [0.717, 1.165) is 13.4 Å². The Morgan fingerprint density at radius 2 is 1.49 bits per heavy atom. The summed E-state index contributed by atoms with van der Waals surface area (Å²) in [4.78, 5) is 28.8. The maximum absolute atomic E-state index is 14.0. The number of nitrogens with zero attached hydrogens (tertiary/aromatic N) is 2. The minimum absolute atomic E-state index is 0.0916. The number of amides is 2.